The molecule has 2 aromatic rings. The molecule has 1 amide bonds. The first-order valence-electron chi connectivity index (χ1n) is 10.8. The van der Waals surface area contributed by atoms with E-state index in [0.717, 1.165) is 24.2 Å². The number of carbonyl (C=O) groups excluding carboxylic acids is 2. The second-order valence-electron chi connectivity index (χ2n) is 7.93. The Balaban J connectivity index is 1.85. The molecule has 0 saturated carbocycles. The van der Waals surface area contributed by atoms with E-state index in [-0.39, 0.29) is 18.6 Å². The fraction of sp³-hybridized carbons (Fsp3) is 0.500. The molecule has 1 fully saturated rings. The molecule has 0 radical (unpaired) electrons. The number of ether oxygens (including phenoxy) is 4. The van der Waals surface area contributed by atoms with Crippen molar-refractivity contribution < 1.29 is 28.5 Å². The summed E-state index contributed by atoms with van der Waals surface area (Å²) in [5, 5.41) is 0. The van der Waals surface area contributed by atoms with Crippen LogP contribution in [0.4, 0.5) is 0 Å². The number of aromatic nitrogens is 1. The standard InChI is InChI=1S/C24H32N2O6/c1-16-21(24(28)32-12-11-29-3)17(2)25-22(16)23(27)26(15-20-9-6-10-31-20)14-18-7-5-8-19(13-18)30-4/h5,7-8,13,20,25H,6,9-12,14-15H2,1-4H3. The fourth-order valence-electron chi connectivity index (χ4n) is 3.96. The van der Waals surface area contributed by atoms with Gasteiger partial charge in [0.05, 0.1) is 25.4 Å². The molecule has 1 aromatic heterocycles. The van der Waals surface area contributed by atoms with E-state index >= 15 is 0 Å². The van der Waals surface area contributed by atoms with E-state index in [0.29, 0.717) is 48.8 Å². The molecule has 1 N–H and O–H groups in total. The highest BCUT2D eigenvalue weighted by atomic mass is 16.6. The first-order valence-corrected chi connectivity index (χ1v) is 10.8. The van der Waals surface area contributed by atoms with Crippen molar-refractivity contribution in [3.05, 3.63) is 52.3 Å². The van der Waals surface area contributed by atoms with Gasteiger partial charge in [0.1, 0.15) is 18.1 Å². The second-order valence-corrected chi connectivity index (χ2v) is 7.93. The first-order chi connectivity index (χ1) is 15.4. The highest BCUT2D eigenvalue weighted by molar-refractivity contribution is 6.00. The van der Waals surface area contributed by atoms with Crippen LogP contribution < -0.4 is 4.74 Å². The van der Waals surface area contributed by atoms with Gasteiger partial charge >= 0.3 is 5.97 Å². The minimum absolute atomic E-state index is 0.000553. The number of hydrogen-bond donors (Lipinski definition) is 1. The van der Waals surface area contributed by atoms with Crippen LogP contribution in [0, 0.1) is 13.8 Å². The molecule has 1 aliphatic rings. The van der Waals surface area contributed by atoms with Crippen LogP contribution in [-0.2, 0) is 20.8 Å². The maximum atomic E-state index is 13.6. The zero-order valence-corrected chi connectivity index (χ0v) is 19.2. The number of rotatable bonds is 10. The van der Waals surface area contributed by atoms with Crippen LogP contribution in [0.1, 0.15) is 50.5 Å². The molecule has 1 atom stereocenters. The van der Waals surface area contributed by atoms with Crippen molar-refractivity contribution in [3.8, 4) is 5.75 Å². The van der Waals surface area contributed by atoms with E-state index in [1.54, 1.807) is 33.0 Å². The van der Waals surface area contributed by atoms with Gasteiger partial charge in [-0.25, -0.2) is 4.79 Å². The monoisotopic (exact) mass is 444 g/mol. The Morgan fingerprint density at radius 3 is 2.72 bits per heavy atom. The molecule has 2 heterocycles. The smallest absolute Gasteiger partial charge is 0.340 e. The minimum atomic E-state index is -0.467. The maximum absolute atomic E-state index is 13.6. The summed E-state index contributed by atoms with van der Waals surface area (Å²) in [6.07, 6.45) is 1.91. The average molecular weight is 445 g/mol. The average Bonchev–Trinajstić information content (AvgIpc) is 3.40. The Morgan fingerprint density at radius 2 is 2.03 bits per heavy atom. The van der Waals surface area contributed by atoms with E-state index in [1.165, 1.54) is 0 Å². The van der Waals surface area contributed by atoms with E-state index in [1.807, 2.05) is 24.3 Å². The summed E-state index contributed by atoms with van der Waals surface area (Å²) in [7, 11) is 3.16. The van der Waals surface area contributed by atoms with Gasteiger partial charge in [0.2, 0.25) is 0 Å². The normalized spacial score (nSPS) is 15.6. The first kappa shape index (κ1) is 23.8. The van der Waals surface area contributed by atoms with Crippen LogP contribution >= 0.6 is 0 Å². The van der Waals surface area contributed by atoms with Crippen LogP contribution in [0.25, 0.3) is 0 Å². The third-order valence-electron chi connectivity index (χ3n) is 5.62. The third kappa shape index (κ3) is 5.69. The molecule has 1 aliphatic heterocycles. The summed E-state index contributed by atoms with van der Waals surface area (Å²) in [5.41, 5.74) is 2.92. The van der Waals surface area contributed by atoms with Crippen molar-refractivity contribution in [2.24, 2.45) is 0 Å². The zero-order valence-electron chi connectivity index (χ0n) is 19.2. The Labute approximate surface area is 188 Å². The molecule has 3 rings (SSSR count). The molecule has 1 aromatic carbocycles. The van der Waals surface area contributed by atoms with E-state index < -0.39 is 5.97 Å². The predicted molar refractivity (Wildman–Crippen MR) is 119 cm³/mol. The maximum Gasteiger partial charge on any atom is 0.340 e. The fourth-order valence-corrected chi connectivity index (χ4v) is 3.96. The number of H-pyrrole nitrogens is 1. The van der Waals surface area contributed by atoms with Crippen LogP contribution in [-0.4, -0.2) is 68.4 Å². The van der Waals surface area contributed by atoms with Gasteiger partial charge in [-0.1, -0.05) is 12.1 Å². The highest BCUT2D eigenvalue weighted by Crippen LogP contribution is 2.24. The lowest BCUT2D eigenvalue weighted by molar-refractivity contribution is 0.0386. The Hall–Kier alpha value is -2.84. The van der Waals surface area contributed by atoms with Crippen molar-refractivity contribution in [2.75, 3.05) is 40.6 Å². The number of methoxy groups -OCH3 is 2. The van der Waals surface area contributed by atoms with Gasteiger partial charge < -0.3 is 28.8 Å². The number of aromatic amines is 1. The molecule has 32 heavy (non-hydrogen) atoms. The molecular formula is C24H32N2O6. The lowest BCUT2D eigenvalue weighted by atomic mass is 10.1. The van der Waals surface area contributed by atoms with Gasteiger partial charge in [-0.15, -0.1) is 0 Å². The molecule has 0 spiro atoms. The minimum Gasteiger partial charge on any atom is -0.497 e. The number of nitrogens with one attached hydrogen (secondary N) is 1. The van der Waals surface area contributed by atoms with Gasteiger partial charge in [-0.05, 0) is 49.9 Å². The number of hydrogen-bond acceptors (Lipinski definition) is 6. The Kier molecular flexibility index (Phi) is 8.30. The van der Waals surface area contributed by atoms with Gasteiger partial charge in [-0.3, -0.25) is 4.79 Å². The molecule has 8 heteroatoms. The predicted octanol–water partition coefficient (Wildman–Crippen LogP) is 3.26. The summed E-state index contributed by atoms with van der Waals surface area (Å²) >= 11 is 0. The SMILES string of the molecule is COCCOC(=O)c1c(C)[nH]c(C(=O)N(Cc2cccc(OC)c2)CC2CCCO2)c1C. The van der Waals surface area contributed by atoms with Crippen LogP contribution in [0.5, 0.6) is 5.75 Å². The molecular weight excluding hydrogens is 412 g/mol. The van der Waals surface area contributed by atoms with E-state index in [4.69, 9.17) is 18.9 Å². The molecule has 8 nitrogen and oxygen atoms in total. The summed E-state index contributed by atoms with van der Waals surface area (Å²) in [6.45, 7) is 5.59. The highest BCUT2D eigenvalue weighted by Gasteiger charge is 2.29. The lowest BCUT2D eigenvalue weighted by Crippen LogP contribution is -2.37. The lowest BCUT2D eigenvalue weighted by Gasteiger charge is -2.26. The number of aryl methyl sites for hydroxylation is 1. The topological polar surface area (TPSA) is 90.1 Å². The molecule has 1 saturated heterocycles. The number of benzene rings is 1. The summed E-state index contributed by atoms with van der Waals surface area (Å²) in [4.78, 5) is 31.0. The van der Waals surface area contributed by atoms with Crippen molar-refractivity contribution in [1.29, 1.82) is 0 Å². The summed E-state index contributed by atoms with van der Waals surface area (Å²) in [5.74, 6) is 0.0886. The van der Waals surface area contributed by atoms with Gasteiger partial charge in [0.25, 0.3) is 5.91 Å². The second kappa shape index (κ2) is 11.2. The Morgan fingerprint density at radius 1 is 1.22 bits per heavy atom. The largest absolute Gasteiger partial charge is 0.497 e. The third-order valence-corrected chi connectivity index (χ3v) is 5.62. The van der Waals surface area contributed by atoms with Crippen LogP contribution in [0.2, 0.25) is 0 Å². The van der Waals surface area contributed by atoms with Crippen molar-refractivity contribution >= 4 is 11.9 Å². The number of esters is 1. The number of amides is 1. The van der Waals surface area contributed by atoms with Crippen molar-refractivity contribution in [3.63, 3.8) is 0 Å². The van der Waals surface area contributed by atoms with E-state index in [2.05, 4.69) is 4.98 Å². The Bertz CT molecular complexity index is 933. The summed E-state index contributed by atoms with van der Waals surface area (Å²) in [6, 6.07) is 7.65. The van der Waals surface area contributed by atoms with E-state index in [9.17, 15) is 9.59 Å². The number of carbonyl (C=O) groups is 2. The van der Waals surface area contributed by atoms with Gasteiger partial charge in [0.15, 0.2) is 0 Å². The molecule has 0 aliphatic carbocycles. The van der Waals surface area contributed by atoms with Crippen LogP contribution in [0.3, 0.4) is 0 Å². The van der Waals surface area contributed by atoms with Crippen molar-refractivity contribution in [2.45, 2.75) is 39.3 Å². The summed E-state index contributed by atoms with van der Waals surface area (Å²) < 4.78 is 21.3. The van der Waals surface area contributed by atoms with Crippen LogP contribution in [0.15, 0.2) is 24.3 Å². The zero-order chi connectivity index (χ0) is 23.1. The molecule has 1 unspecified atom stereocenters. The van der Waals surface area contributed by atoms with Crippen molar-refractivity contribution in [1.82, 2.24) is 9.88 Å². The quantitative estimate of drug-likeness (QED) is 0.447. The van der Waals surface area contributed by atoms with Gasteiger partial charge in [0, 0.05) is 32.5 Å². The molecule has 0 bridgehead atoms. The van der Waals surface area contributed by atoms with Gasteiger partial charge in [-0.2, -0.15) is 0 Å². The number of nitrogens with zero attached hydrogens (tertiary/aromatic N) is 1. The molecule has 174 valence electrons.